The molecule has 2 rings (SSSR count). The molecule has 3 unspecified atom stereocenters. The Kier molecular flexibility index (Phi) is 14.7. The molecule has 2 aromatic carbocycles. The van der Waals surface area contributed by atoms with Gasteiger partial charge in [0, 0.05) is 12.8 Å². The number of hydrogen-bond acceptors (Lipinski definition) is 7. The predicted octanol–water partition coefficient (Wildman–Crippen LogP) is 1.10. The maximum atomic E-state index is 13.3. The van der Waals surface area contributed by atoms with E-state index in [1.54, 1.807) is 69.3 Å². The van der Waals surface area contributed by atoms with Gasteiger partial charge >= 0.3 is 6.09 Å². The summed E-state index contributed by atoms with van der Waals surface area (Å²) in [6.45, 7) is 7.92. The van der Waals surface area contributed by atoms with Crippen molar-refractivity contribution in [1.82, 2.24) is 26.6 Å². The minimum atomic E-state index is -1.08. The first-order chi connectivity index (χ1) is 21.6. The van der Waals surface area contributed by atoms with Crippen molar-refractivity contribution in [2.75, 3.05) is 13.1 Å². The van der Waals surface area contributed by atoms with Crippen molar-refractivity contribution in [3.05, 3.63) is 71.8 Å². The average molecular weight is 639 g/mol. The minimum absolute atomic E-state index is 0.0563. The summed E-state index contributed by atoms with van der Waals surface area (Å²) in [6.07, 6.45) is -0.171. The molecule has 3 atom stereocenters. The fourth-order valence-electron chi connectivity index (χ4n) is 4.33. The molecule has 0 heterocycles. The van der Waals surface area contributed by atoms with E-state index in [1.165, 1.54) is 0 Å². The highest BCUT2D eigenvalue weighted by molar-refractivity contribution is 5.94. The predicted molar refractivity (Wildman–Crippen MR) is 172 cm³/mol. The highest BCUT2D eigenvalue weighted by atomic mass is 16.6. The van der Waals surface area contributed by atoms with Gasteiger partial charge in [-0.1, -0.05) is 74.5 Å². The summed E-state index contributed by atoms with van der Waals surface area (Å²) in [7, 11) is 0. The van der Waals surface area contributed by atoms with Crippen molar-refractivity contribution in [1.29, 1.82) is 0 Å². The first kappa shape index (κ1) is 37.2. The van der Waals surface area contributed by atoms with Gasteiger partial charge in [-0.3, -0.25) is 24.0 Å². The summed E-state index contributed by atoms with van der Waals surface area (Å²) in [5.41, 5.74) is 6.35. The Balaban J connectivity index is 1.98. The van der Waals surface area contributed by atoms with Gasteiger partial charge in [-0.2, -0.15) is 0 Å². The number of amides is 6. The molecule has 0 spiro atoms. The summed E-state index contributed by atoms with van der Waals surface area (Å²) < 4.78 is 5.23. The molecule has 0 aromatic heterocycles. The molecule has 250 valence electrons. The van der Waals surface area contributed by atoms with E-state index >= 15 is 0 Å². The lowest BCUT2D eigenvalue weighted by molar-refractivity contribution is -0.131. The average Bonchev–Trinajstić information content (AvgIpc) is 2.97. The van der Waals surface area contributed by atoms with Crippen LogP contribution in [-0.4, -0.2) is 72.4 Å². The Morgan fingerprint density at radius 1 is 0.674 bits per heavy atom. The van der Waals surface area contributed by atoms with Gasteiger partial charge in [0.05, 0.1) is 13.1 Å². The van der Waals surface area contributed by atoms with Gasteiger partial charge in [0.25, 0.3) is 0 Å². The number of alkyl carbamates (subject to hydrolysis) is 1. The van der Waals surface area contributed by atoms with Gasteiger partial charge in [0.2, 0.25) is 29.5 Å². The number of hydrogen-bond donors (Lipinski definition) is 6. The molecular formula is C33H46N6O7. The van der Waals surface area contributed by atoms with Crippen LogP contribution in [0.4, 0.5) is 4.79 Å². The quantitative estimate of drug-likeness (QED) is 0.158. The second-order valence-electron chi connectivity index (χ2n) is 12.3. The maximum absolute atomic E-state index is 13.3. The third-order valence-electron chi connectivity index (χ3n) is 6.46. The summed E-state index contributed by atoms with van der Waals surface area (Å²) >= 11 is 0. The van der Waals surface area contributed by atoms with E-state index < -0.39 is 72.4 Å². The summed E-state index contributed by atoms with van der Waals surface area (Å²) in [5, 5.41) is 12.6. The molecule has 2 aromatic rings. The van der Waals surface area contributed by atoms with E-state index in [2.05, 4.69) is 26.6 Å². The maximum Gasteiger partial charge on any atom is 0.408 e. The molecule has 46 heavy (non-hydrogen) atoms. The number of nitrogens with one attached hydrogen (secondary N) is 5. The Hall–Kier alpha value is -4.94. The van der Waals surface area contributed by atoms with Crippen LogP contribution in [0, 0.1) is 5.92 Å². The molecular weight excluding hydrogens is 592 g/mol. The van der Waals surface area contributed by atoms with E-state index in [0.29, 0.717) is 6.42 Å². The van der Waals surface area contributed by atoms with Crippen molar-refractivity contribution in [3.8, 4) is 0 Å². The van der Waals surface area contributed by atoms with Crippen LogP contribution in [0.1, 0.15) is 52.2 Å². The summed E-state index contributed by atoms with van der Waals surface area (Å²) in [4.78, 5) is 75.7. The van der Waals surface area contributed by atoms with Gasteiger partial charge < -0.3 is 37.1 Å². The number of benzene rings is 2. The van der Waals surface area contributed by atoms with Gasteiger partial charge in [0.1, 0.15) is 23.7 Å². The zero-order chi connectivity index (χ0) is 34.3. The van der Waals surface area contributed by atoms with E-state index in [9.17, 15) is 28.8 Å². The first-order valence-electron chi connectivity index (χ1n) is 15.1. The molecule has 0 aliphatic heterocycles. The Morgan fingerprint density at radius 2 is 1.20 bits per heavy atom. The number of ether oxygens (including phenoxy) is 1. The second kappa shape index (κ2) is 18.1. The lowest BCUT2D eigenvalue weighted by Gasteiger charge is -2.24. The van der Waals surface area contributed by atoms with E-state index in [-0.39, 0.29) is 18.8 Å². The van der Waals surface area contributed by atoms with Gasteiger partial charge in [-0.15, -0.1) is 0 Å². The third kappa shape index (κ3) is 14.7. The molecule has 0 saturated carbocycles. The molecule has 0 aliphatic rings. The van der Waals surface area contributed by atoms with Crippen LogP contribution < -0.4 is 32.3 Å². The van der Waals surface area contributed by atoms with Crippen molar-refractivity contribution in [2.24, 2.45) is 11.7 Å². The van der Waals surface area contributed by atoms with Crippen LogP contribution in [0.25, 0.3) is 0 Å². The standard InChI is InChI=1S/C33H46N6O7/c1-21(2)16-25(39-32(45)46-33(3,4)5)30(43)36-19-27(40)35-20-28(41)37-26(18-23-14-10-7-11-15-23)31(44)38-24(29(34)42)17-22-12-8-6-9-13-22/h6-15,21,24-26H,16-20H2,1-5H3,(H2,34,42)(H,35,40)(H,36,43)(H,37,41)(H,38,44)(H,39,45). The molecule has 0 fully saturated rings. The fourth-order valence-corrected chi connectivity index (χ4v) is 4.33. The molecule has 0 bridgehead atoms. The van der Waals surface area contributed by atoms with Gasteiger partial charge in [-0.05, 0) is 44.2 Å². The van der Waals surface area contributed by atoms with Crippen molar-refractivity contribution >= 4 is 35.6 Å². The molecule has 0 radical (unpaired) electrons. The summed E-state index contributed by atoms with van der Waals surface area (Å²) in [6, 6.07) is 15.0. The van der Waals surface area contributed by atoms with Crippen LogP contribution in [0.3, 0.4) is 0 Å². The number of primary amides is 1. The topological polar surface area (TPSA) is 198 Å². The third-order valence-corrected chi connectivity index (χ3v) is 6.46. The van der Waals surface area contributed by atoms with Crippen LogP contribution in [-0.2, 0) is 41.6 Å². The minimum Gasteiger partial charge on any atom is -0.444 e. The molecule has 0 aliphatic carbocycles. The fraction of sp³-hybridized carbons (Fsp3) is 0.455. The Morgan fingerprint density at radius 3 is 1.70 bits per heavy atom. The number of carbonyl (C=O) groups is 6. The Bertz CT molecular complexity index is 1330. The molecule has 0 saturated heterocycles. The highest BCUT2D eigenvalue weighted by Gasteiger charge is 2.27. The van der Waals surface area contributed by atoms with Crippen molar-refractivity contribution in [3.63, 3.8) is 0 Å². The zero-order valence-electron chi connectivity index (χ0n) is 27.1. The van der Waals surface area contributed by atoms with Gasteiger partial charge in [-0.25, -0.2) is 4.79 Å². The van der Waals surface area contributed by atoms with Gasteiger partial charge in [0.15, 0.2) is 0 Å². The molecule has 6 amide bonds. The lowest BCUT2D eigenvalue weighted by Crippen LogP contribution is -2.55. The SMILES string of the molecule is CC(C)CC(NC(=O)OC(C)(C)C)C(=O)NCC(=O)NCC(=O)NC(Cc1ccccc1)C(=O)NC(Cc1ccccc1)C(N)=O. The first-order valence-corrected chi connectivity index (χ1v) is 15.1. The smallest absolute Gasteiger partial charge is 0.408 e. The van der Waals surface area contributed by atoms with Crippen molar-refractivity contribution < 1.29 is 33.5 Å². The van der Waals surface area contributed by atoms with E-state index in [0.717, 1.165) is 11.1 Å². The van der Waals surface area contributed by atoms with E-state index in [1.807, 2.05) is 26.0 Å². The van der Waals surface area contributed by atoms with Crippen LogP contribution in [0.5, 0.6) is 0 Å². The monoisotopic (exact) mass is 638 g/mol. The highest BCUT2D eigenvalue weighted by Crippen LogP contribution is 2.10. The van der Waals surface area contributed by atoms with Crippen molar-refractivity contribution in [2.45, 2.75) is 77.6 Å². The number of nitrogens with two attached hydrogens (primary N) is 1. The largest absolute Gasteiger partial charge is 0.444 e. The van der Waals surface area contributed by atoms with Crippen LogP contribution >= 0.6 is 0 Å². The van der Waals surface area contributed by atoms with E-state index in [4.69, 9.17) is 10.5 Å². The molecule has 7 N–H and O–H groups in total. The second-order valence-corrected chi connectivity index (χ2v) is 12.3. The van der Waals surface area contributed by atoms with Crippen LogP contribution in [0.15, 0.2) is 60.7 Å². The zero-order valence-corrected chi connectivity index (χ0v) is 27.1. The number of rotatable bonds is 16. The normalized spacial score (nSPS) is 13.0. The lowest BCUT2D eigenvalue weighted by atomic mass is 10.0. The summed E-state index contributed by atoms with van der Waals surface area (Å²) in [5.74, 6) is -3.21. The molecule has 13 heteroatoms. The molecule has 13 nitrogen and oxygen atoms in total. The van der Waals surface area contributed by atoms with Crippen LogP contribution in [0.2, 0.25) is 0 Å². The number of carbonyl (C=O) groups excluding carboxylic acids is 6. The Labute approximate surface area is 269 Å².